The van der Waals surface area contributed by atoms with E-state index in [1.165, 1.54) is 36.5 Å². The predicted molar refractivity (Wildman–Crippen MR) is 71.4 cm³/mol. The zero-order valence-corrected chi connectivity index (χ0v) is 10.6. The summed E-state index contributed by atoms with van der Waals surface area (Å²) in [6, 6.07) is 7.43. The molecule has 1 heterocycles. The molecule has 0 aliphatic carbocycles. The van der Waals surface area contributed by atoms with Gasteiger partial charge in [0.15, 0.2) is 0 Å². The second kappa shape index (κ2) is 5.80. The van der Waals surface area contributed by atoms with E-state index in [2.05, 4.69) is 15.7 Å². The quantitative estimate of drug-likeness (QED) is 0.601. The number of nitrogens with zero attached hydrogens (tertiary/aromatic N) is 1. The molecule has 8 heteroatoms. The zero-order chi connectivity index (χ0) is 15.5. The molecule has 0 aliphatic heterocycles. The highest BCUT2D eigenvalue weighted by Gasteiger charge is 2.33. The van der Waals surface area contributed by atoms with Crippen molar-refractivity contribution in [3.63, 3.8) is 0 Å². The van der Waals surface area contributed by atoms with Gasteiger partial charge < -0.3 is 10.7 Å². The molecule has 110 valence electrons. The summed E-state index contributed by atoms with van der Waals surface area (Å²) in [5.41, 5.74) is 1.16. The van der Waals surface area contributed by atoms with Gasteiger partial charge in [0, 0.05) is 11.8 Å². The lowest BCUT2D eigenvalue weighted by atomic mass is 10.1. The van der Waals surface area contributed by atoms with Crippen LogP contribution in [0.2, 0.25) is 0 Å². The van der Waals surface area contributed by atoms with Crippen LogP contribution in [0.25, 0.3) is 0 Å². The summed E-state index contributed by atoms with van der Waals surface area (Å²) in [6.45, 7) is 0. The van der Waals surface area contributed by atoms with Crippen LogP contribution in [0.4, 0.5) is 24.7 Å². The number of hydrogen-bond donors (Lipinski definition) is 3. The van der Waals surface area contributed by atoms with Crippen molar-refractivity contribution in [1.29, 1.82) is 0 Å². The van der Waals surface area contributed by atoms with Crippen LogP contribution in [0.1, 0.15) is 15.9 Å². The van der Waals surface area contributed by atoms with Crippen LogP contribution in [0, 0.1) is 0 Å². The molecule has 0 spiro atoms. The molecule has 4 N–H and O–H groups in total. The number of nitrogens with two attached hydrogens (primary N) is 1. The molecule has 2 rings (SSSR count). The molecule has 0 bridgehead atoms. The van der Waals surface area contributed by atoms with E-state index in [9.17, 15) is 18.0 Å². The minimum atomic E-state index is -4.55. The summed E-state index contributed by atoms with van der Waals surface area (Å²) in [7, 11) is 0. The Morgan fingerprint density at radius 1 is 1.19 bits per heavy atom. The third-order valence-corrected chi connectivity index (χ3v) is 2.65. The first kappa shape index (κ1) is 14.8. The summed E-state index contributed by atoms with van der Waals surface area (Å²) >= 11 is 0. The molecule has 0 saturated heterocycles. The summed E-state index contributed by atoms with van der Waals surface area (Å²) < 4.78 is 38.5. The number of carbonyl (C=O) groups excluding carboxylic acids is 1. The topological polar surface area (TPSA) is 80.0 Å². The van der Waals surface area contributed by atoms with Gasteiger partial charge in [-0.25, -0.2) is 10.8 Å². The van der Waals surface area contributed by atoms with Crippen LogP contribution in [0.15, 0.2) is 42.6 Å². The largest absolute Gasteiger partial charge is 0.418 e. The van der Waals surface area contributed by atoms with Gasteiger partial charge in [0.25, 0.3) is 5.91 Å². The number of hydrogen-bond acceptors (Lipinski definition) is 4. The van der Waals surface area contributed by atoms with Crippen LogP contribution in [0.3, 0.4) is 0 Å². The van der Waals surface area contributed by atoms with Crippen molar-refractivity contribution in [2.45, 2.75) is 6.18 Å². The average Bonchev–Trinajstić information content (AvgIpc) is 2.46. The van der Waals surface area contributed by atoms with E-state index in [1.54, 1.807) is 0 Å². The van der Waals surface area contributed by atoms with Crippen molar-refractivity contribution >= 4 is 17.4 Å². The van der Waals surface area contributed by atoms with Crippen molar-refractivity contribution in [3.8, 4) is 0 Å². The van der Waals surface area contributed by atoms with Crippen molar-refractivity contribution in [2.75, 3.05) is 10.7 Å². The molecule has 21 heavy (non-hydrogen) atoms. The Morgan fingerprint density at radius 3 is 2.57 bits per heavy atom. The Bertz CT molecular complexity index is 658. The minimum absolute atomic E-state index is 0.134. The lowest BCUT2D eigenvalue weighted by molar-refractivity contribution is -0.136. The van der Waals surface area contributed by atoms with Crippen LogP contribution in [-0.2, 0) is 6.18 Å². The third kappa shape index (κ3) is 3.48. The number of nitrogens with one attached hydrogen (secondary N) is 2. The number of alkyl halides is 3. The predicted octanol–water partition coefficient (Wildman–Crippen LogP) is 2.64. The van der Waals surface area contributed by atoms with Crippen molar-refractivity contribution in [3.05, 3.63) is 53.7 Å². The first-order valence-electron chi connectivity index (χ1n) is 5.82. The average molecular weight is 296 g/mol. The normalized spacial score (nSPS) is 11.0. The van der Waals surface area contributed by atoms with Crippen molar-refractivity contribution < 1.29 is 18.0 Å². The number of rotatable bonds is 3. The molecule has 1 aromatic carbocycles. The summed E-state index contributed by atoms with van der Waals surface area (Å²) in [5, 5.41) is 2.23. The standard InChI is InChI=1S/C13H11F3N4O/c14-13(15,16)9-3-1-2-4-10(9)19-12(21)8-5-6-18-11(7-8)20-17/h1-7H,17H2,(H,18,20)(H,19,21). The first-order chi connectivity index (χ1) is 9.91. The van der Waals surface area contributed by atoms with Gasteiger partial charge in [-0.3, -0.25) is 4.79 Å². The maximum Gasteiger partial charge on any atom is 0.418 e. The number of pyridine rings is 1. The molecule has 0 aliphatic rings. The summed E-state index contributed by atoms with van der Waals surface area (Å²) in [5.74, 6) is 4.70. The number of amides is 1. The van der Waals surface area contributed by atoms with Gasteiger partial charge in [-0.2, -0.15) is 13.2 Å². The maximum atomic E-state index is 12.8. The van der Waals surface area contributed by atoms with Crippen molar-refractivity contribution in [2.24, 2.45) is 5.84 Å². The lowest BCUT2D eigenvalue weighted by Crippen LogP contribution is -2.17. The highest BCUT2D eigenvalue weighted by atomic mass is 19.4. The van der Waals surface area contributed by atoms with E-state index in [-0.39, 0.29) is 17.1 Å². The highest BCUT2D eigenvalue weighted by Crippen LogP contribution is 2.34. The Morgan fingerprint density at radius 2 is 1.90 bits per heavy atom. The van der Waals surface area contributed by atoms with Gasteiger partial charge in [0.2, 0.25) is 0 Å². The van der Waals surface area contributed by atoms with Gasteiger partial charge in [-0.1, -0.05) is 12.1 Å². The monoisotopic (exact) mass is 296 g/mol. The molecule has 0 radical (unpaired) electrons. The number of halogens is 3. The Hall–Kier alpha value is -2.61. The second-order valence-corrected chi connectivity index (χ2v) is 4.07. The van der Waals surface area contributed by atoms with E-state index in [1.807, 2.05) is 0 Å². The van der Waals surface area contributed by atoms with Crippen LogP contribution in [0.5, 0.6) is 0 Å². The number of nitrogen functional groups attached to an aromatic ring is 1. The van der Waals surface area contributed by atoms with Crippen LogP contribution in [-0.4, -0.2) is 10.9 Å². The van der Waals surface area contributed by atoms with Gasteiger partial charge in [0.1, 0.15) is 5.82 Å². The molecule has 0 atom stereocenters. The number of aromatic nitrogens is 1. The van der Waals surface area contributed by atoms with E-state index in [0.717, 1.165) is 6.07 Å². The highest BCUT2D eigenvalue weighted by molar-refractivity contribution is 6.05. The number of anilines is 2. The van der Waals surface area contributed by atoms with E-state index >= 15 is 0 Å². The Balaban J connectivity index is 2.28. The van der Waals surface area contributed by atoms with Gasteiger partial charge in [-0.05, 0) is 24.3 Å². The number of hydrazine groups is 1. The number of benzene rings is 1. The van der Waals surface area contributed by atoms with E-state index in [0.29, 0.717) is 0 Å². The molecule has 1 aromatic heterocycles. The lowest BCUT2D eigenvalue weighted by Gasteiger charge is -2.13. The van der Waals surface area contributed by atoms with Gasteiger partial charge in [-0.15, -0.1) is 0 Å². The molecular weight excluding hydrogens is 285 g/mol. The minimum Gasteiger partial charge on any atom is -0.321 e. The number of carbonyl (C=O) groups is 1. The first-order valence-corrected chi connectivity index (χ1v) is 5.82. The fourth-order valence-electron chi connectivity index (χ4n) is 1.68. The number of para-hydroxylation sites is 1. The molecule has 1 amide bonds. The van der Waals surface area contributed by atoms with E-state index < -0.39 is 17.6 Å². The van der Waals surface area contributed by atoms with Gasteiger partial charge >= 0.3 is 6.18 Å². The van der Waals surface area contributed by atoms with Gasteiger partial charge in [0.05, 0.1) is 11.3 Å². The molecule has 0 unspecified atom stereocenters. The van der Waals surface area contributed by atoms with E-state index in [4.69, 9.17) is 5.84 Å². The SMILES string of the molecule is NNc1cc(C(=O)Nc2ccccc2C(F)(F)F)ccn1. The van der Waals surface area contributed by atoms with Crippen LogP contribution < -0.4 is 16.6 Å². The Labute approximate surface area is 118 Å². The maximum absolute atomic E-state index is 12.8. The molecule has 5 nitrogen and oxygen atoms in total. The zero-order valence-electron chi connectivity index (χ0n) is 10.6. The van der Waals surface area contributed by atoms with Crippen molar-refractivity contribution in [1.82, 2.24) is 4.98 Å². The smallest absolute Gasteiger partial charge is 0.321 e. The second-order valence-electron chi connectivity index (χ2n) is 4.07. The fraction of sp³-hybridized carbons (Fsp3) is 0.0769. The Kier molecular flexibility index (Phi) is 4.08. The summed E-state index contributed by atoms with van der Waals surface area (Å²) in [6.07, 6.45) is -3.23. The molecular formula is C13H11F3N4O. The van der Waals surface area contributed by atoms with Crippen LogP contribution >= 0.6 is 0 Å². The molecule has 2 aromatic rings. The molecule has 0 fully saturated rings. The molecule has 0 saturated carbocycles. The third-order valence-electron chi connectivity index (χ3n) is 2.65. The fourth-order valence-corrected chi connectivity index (χ4v) is 1.68. The summed E-state index contributed by atoms with van der Waals surface area (Å²) in [4.78, 5) is 15.8.